The lowest BCUT2D eigenvalue weighted by atomic mass is 10.1. The van der Waals surface area contributed by atoms with Gasteiger partial charge in [-0.05, 0) is 29.3 Å². The number of carbonyl (C=O) groups is 1. The van der Waals surface area contributed by atoms with E-state index in [2.05, 4.69) is 15.1 Å². The van der Waals surface area contributed by atoms with Gasteiger partial charge in [-0.15, -0.1) is 0 Å². The van der Waals surface area contributed by atoms with Crippen LogP contribution in [0.4, 0.5) is 4.39 Å². The molecular formula is C23H18FN3O4. The van der Waals surface area contributed by atoms with Gasteiger partial charge in [-0.2, -0.15) is 4.98 Å². The number of hydrogen-bond donors (Lipinski definition) is 0. The van der Waals surface area contributed by atoms with Crippen LogP contribution in [0.1, 0.15) is 33.2 Å². The molecule has 0 aliphatic heterocycles. The summed E-state index contributed by atoms with van der Waals surface area (Å²) in [6, 6.07) is 18.7. The van der Waals surface area contributed by atoms with E-state index < -0.39 is 5.97 Å². The minimum atomic E-state index is -0.565. The number of ether oxygens (including phenoxy) is 2. The first kappa shape index (κ1) is 20.2. The maximum Gasteiger partial charge on any atom is 0.338 e. The molecular weight excluding hydrogens is 401 g/mol. The second-order valence-corrected chi connectivity index (χ2v) is 6.64. The summed E-state index contributed by atoms with van der Waals surface area (Å²) in [6.07, 6.45) is 1.86. The maximum absolute atomic E-state index is 13.0. The molecule has 4 rings (SSSR count). The summed E-state index contributed by atoms with van der Waals surface area (Å²) < 4.78 is 29.0. The summed E-state index contributed by atoms with van der Waals surface area (Å²) in [6.45, 7) is 0.170. The average Bonchev–Trinajstić information content (AvgIpc) is 3.26. The Morgan fingerprint density at radius 3 is 2.58 bits per heavy atom. The lowest BCUT2D eigenvalue weighted by molar-refractivity contribution is 0.0429. The minimum absolute atomic E-state index is 0.167. The molecule has 4 aromatic rings. The molecule has 0 unspecified atom stereocenters. The van der Waals surface area contributed by atoms with Gasteiger partial charge in [0.1, 0.15) is 12.4 Å². The van der Waals surface area contributed by atoms with E-state index in [1.165, 1.54) is 30.5 Å². The first-order chi connectivity index (χ1) is 15.2. The van der Waals surface area contributed by atoms with Crippen molar-refractivity contribution in [2.24, 2.45) is 0 Å². The molecule has 0 spiro atoms. The Kier molecular flexibility index (Phi) is 6.27. The summed E-state index contributed by atoms with van der Waals surface area (Å²) in [7, 11) is 0. The largest absolute Gasteiger partial charge is 0.473 e. The number of esters is 1. The standard InChI is InChI=1S/C23H18FN3O4/c24-19-8-6-16(7-9-19)12-20-26-22(31-27-20)15-30-23(28)18-10-11-25-21(13-18)29-14-17-4-2-1-3-5-17/h1-11,13H,12,14-15H2. The van der Waals surface area contributed by atoms with Crippen LogP contribution in [0.2, 0.25) is 0 Å². The highest BCUT2D eigenvalue weighted by Gasteiger charge is 2.13. The monoisotopic (exact) mass is 419 g/mol. The summed E-state index contributed by atoms with van der Waals surface area (Å²) in [5, 5.41) is 3.85. The molecule has 31 heavy (non-hydrogen) atoms. The Hall–Kier alpha value is -4.07. The van der Waals surface area contributed by atoms with Crippen molar-refractivity contribution < 1.29 is 23.2 Å². The average molecular weight is 419 g/mol. The molecule has 2 aromatic heterocycles. The number of rotatable bonds is 8. The lowest BCUT2D eigenvalue weighted by Gasteiger charge is -2.07. The highest BCUT2D eigenvalue weighted by molar-refractivity contribution is 5.89. The van der Waals surface area contributed by atoms with Crippen LogP contribution in [0.5, 0.6) is 5.88 Å². The number of nitrogens with zero attached hydrogens (tertiary/aromatic N) is 3. The Bertz CT molecular complexity index is 1150. The van der Waals surface area contributed by atoms with Crippen molar-refractivity contribution in [1.82, 2.24) is 15.1 Å². The third-order valence-electron chi connectivity index (χ3n) is 4.31. The second-order valence-electron chi connectivity index (χ2n) is 6.64. The molecule has 0 bridgehead atoms. The van der Waals surface area contributed by atoms with Crippen LogP contribution in [0.3, 0.4) is 0 Å². The van der Waals surface area contributed by atoms with E-state index in [4.69, 9.17) is 14.0 Å². The van der Waals surface area contributed by atoms with Crippen LogP contribution in [-0.2, 0) is 24.4 Å². The fourth-order valence-electron chi connectivity index (χ4n) is 2.76. The van der Waals surface area contributed by atoms with Crippen LogP contribution in [0.15, 0.2) is 77.4 Å². The molecule has 0 amide bonds. The Morgan fingerprint density at radius 1 is 0.968 bits per heavy atom. The van der Waals surface area contributed by atoms with E-state index in [9.17, 15) is 9.18 Å². The van der Waals surface area contributed by atoms with Crippen molar-refractivity contribution in [3.05, 3.63) is 107 Å². The lowest BCUT2D eigenvalue weighted by Crippen LogP contribution is -2.07. The minimum Gasteiger partial charge on any atom is -0.473 e. The molecule has 2 aromatic carbocycles. The van der Waals surface area contributed by atoms with Gasteiger partial charge < -0.3 is 14.0 Å². The molecule has 0 fully saturated rings. The van der Waals surface area contributed by atoms with Gasteiger partial charge in [0.25, 0.3) is 5.89 Å². The smallest absolute Gasteiger partial charge is 0.338 e. The normalized spacial score (nSPS) is 10.6. The fraction of sp³-hybridized carbons (Fsp3) is 0.130. The van der Waals surface area contributed by atoms with Gasteiger partial charge >= 0.3 is 5.97 Å². The van der Waals surface area contributed by atoms with E-state index in [0.717, 1.165) is 11.1 Å². The zero-order valence-electron chi connectivity index (χ0n) is 16.4. The summed E-state index contributed by atoms with van der Waals surface area (Å²) in [5.74, 6) is 0.0235. The van der Waals surface area contributed by atoms with Crippen molar-refractivity contribution in [2.75, 3.05) is 0 Å². The highest BCUT2D eigenvalue weighted by atomic mass is 19.1. The molecule has 2 heterocycles. The van der Waals surface area contributed by atoms with Gasteiger partial charge in [-0.3, -0.25) is 0 Å². The molecule has 7 nitrogen and oxygen atoms in total. The summed E-state index contributed by atoms with van der Waals surface area (Å²) >= 11 is 0. The van der Waals surface area contributed by atoms with E-state index in [-0.39, 0.29) is 18.3 Å². The molecule has 0 radical (unpaired) electrons. The molecule has 0 aliphatic carbocycles. The van der Waals surface area contributed by atoms with E-state index in [1.807, 2.05) is 30.3 Å². The highest BCUT2D eigenvalue weighted by Crippen LogP contribution is 2.14. The Balaban J connectivity index is 1.30. The number of pyridine rings is 1. The number of benzene rings is 2. The molecule has 0 N–H and O–H groups in total. The van der Waals surface area contributed by atoms with Crippen LogP contribution in [0.25, 0.3) is 0 Å². The van der Waals surface area contributed by atoms with Gasteiger partial charge in [-0.1, -0.05) is 47.6 Å². The molecule has 0 saturated heterocycles. The van der Waals surface area contributed by atoms with Gasteiger partial charge in [0.2, 0.25) is 5.88 Å². The summed E-state index contributed by atoms with van der Waals surface area (Å²) in [4.78, 5) is 20.6. The van der Waals surface area contributed by atoms with Crippen molar-refractivity contribution in [2.45, 2.75) is 19.6 Å². The summed E-state index contributed by atoms with van der Waals surface area (Å²) in [5.41, 5.74) is 2.12. The topological polar surface area (TPSA) is 87.3 Å². The van der Waals surface area contributed by atoms with Crippen molar-refractivity contribution in [3.8, 4) is 5.88 Å². The predicted molar refractivity (Wildman–Crippen MR) is 108 cm³/mol. The Morgan fingerprint density at radius 2 is 1.77 bits per heavy atom. The predicted octanol–water partition coefficient (Wildman–Crippen LogP) is 4.13. The quantitative estimate of drug-likeness (QED) is 0.397. The van der Waals surface area contributed by atoms with Gasteiger partial charge in [0, 0.05) is 18.7 Å². The van der Waals surface area contributed by atoms with Gasteiger partial charge in [0.05, 0.1) is 5.56 Å². The first-order valence-corrected chi connectivity index (χ1v) is 9.51. The second kappa shape index (κ2) is 9.62. The van der Waals surface area contributed by atoms with Crippen molar-refractivity contribution >= 4 is 5.97 Å². The van der Waals surface area contributed by atoms with Crippen LogP contribution < -0.4 is 4.74 Å². The first-order valence-electron chi connectivity index (χ1n) is 9.51. The SMILES string of the molecule is O=C(OCc1nc(Cc2ccc(F)cc2)no1)c1ccnc(OCc2ccccc2)c1. The van der Waals surface area contributed by atoms with E-state index >= 15 is 0 Å². The Labute approximate surface area is 177 Å². The zero-order valence-corrected chi connectivity index (χ0v) is 16.4. The van der Waals surface area contributed by atoms with Crippen molar-refractivity contribution in [3.63, 3.8) is 0 Å². The molecule has 8 heteroatoms. The number of hydrogen-bond acceptors (Lipinski definition) is 7. The van der Waals surface area contributed by atoms with Crippen LogP contribution >= 0.6 is 0 Å². The van der Waals surface area contributed by atoms with E-state index in [0.29, 0.717) is 30.3 Å². The van der Waals surface area contributed by atoms with E-state index in [1.54, 1.807) is 12.1 Å². The number of halogens is 1. The third kappa shape index (κ3) is 5.72. The zero-order chi connectivity index (χ0) is 21.5. The van der Waals surface area contributed by atoms with Gasteiger partial charge in [0.15, 0.2) is 12.4 Å². The number of aromatic nitrogens is 3. The third-order valence-corrected chi connectivity index (χ3v) is 4.31. The van der Waals surface area contributed by atoms with Crippen LogP contribution in [-0.4, -0.2) is 21.1 Å². The molecule has 156 valence electrons. The molecule has 0 aliphatic rings. The number of carbonyl (C=O) groups excluding carboxylic acids is 1. The van der Waals surface area contributed by atoms with Crippen molar-refractivity contribution in [1.29, 1.82) is 0 Å². The molecule has 0 atom stereocenters. The van der Waals surface area contributed by atoms with Crippen LogP contribution in [0, 0.1) is 5.82 Å². The molecule has 0 saturated carbocycles. The maximum atomic E-state index is 13.0. The fourth-order valence-corrected chi connectivity index (χ4v) is 2.76. The van der Waals surface area contributed by atoms with Gasteiger partial charge in [-0.25, -0.2) is 14.2 Å².